The number of hydrogen-bond acceptors (Lipinski definition) is 6. The van der Waals surface area contributed by atoms with Gasteiger partial charge in [-0.15, -0.1) is 0 Å². The van der Waals surface area contributed by atoms with Crippen LogP contribution in [0.25, 0.3) is 0 Å². The van der Waals surface area contributed by atoms with Crippen LogP contribution in [0.4, 0.5) is 0 Å². The zero-order chi connectivity index (χ0) is 15.2. The molecule has 2 aromatic heterocycles. The van der Waals surface area contributed by atoms with Crippen LogP contribution in [0.3, 0.4) is 0 Å². The lowest BCUT2D eigenvalue weighted by atomic mass is 10.2. The molecule has 2 heterocycles. The monoisotopic (exact) mass is 305 g/mol. The normalized spacial score (nSPS) is 10.4. The fourth-order valence-corrected chi connectivity index (χ4v) is 2.72. The molecule has 0 radical (unpaired) electrons. The van der Waals surface area contributed by atoms with Gasteiger partial charge in [-0.25, -0.2) is 9.59 Å². The van der Waals surface area contributed by atoms with Crippen molar-refractivity contribution in [3.8, 4) is 0 Å². The van der Waals surface area contributed by atoms with Crippen LogP contribution in [0.5, 0.6) is 0 Å². The average molecular weight is 305 g/mol. The Kier molecular flexibility index (Phi) is 5.10. The smallest absolute Gasteiger partial charge is 0.346 e. The van der Waals surface area contributed by atoms with Gasteiger partial charge in [0.15, 0.2) is 0 Å². The molecule has 0 atom stereocenters. The number of thioether (sulfide) groups is 1. The Balaban J connectivity index is 2.29. The first kappa shape index (κ1) is 15.2. The van der Waals surface area contributed by atoms with Crippen molar-refractivity contribution >= 4 is 17.7 Å². The van der Waals surface area contributed by atoms with Gasteiger partial charge in [-0.05, 0) is 26.0 Å². The number of carbonyl (C=O) groups excluding carboxylic acids is 1. The molecule has 0 saturated carbocycles. The van der Waals surface area contributed by atoms with Crippen LogP contribution in [0.15, 0.2) is 34.2 Å². The van der Waals surface area contributed by atoms with Crippen molar-refractivity contribution in [3.63, 3.8) is 0 Å². The van der Waals surface area contributed by atoms with E-state index in [9.17, 15) is 9.59 Å². The quantitative estimate of drug-likeness (QED) is 0.516. The van der Waals surface area contributed by atoms with Gasteiger partial charge in [0.25, 0.3) is 0 Å². The Morgan fingerprint density at radius 2 is 2.24 bits per heavy atom. The maximum Gasteiger partial charge on any atom is 0.346 e. The summed E-state index contributed by atoms with van der Waals surface area (Å²) in [5, 5.41) is 0.361. The Morgan fingerprint density at radius 1 is 1.43 bits per heavy atom. The molecule has 1 N–H and O–H groups in total. The van der Waals surface area contributed by atoms with E-state index >= 15 is 0 Å². The van der Waals surface area contributed by atoms with Gasteiger partial charge < -0.3 is 9.72 Å². The number of rotatable bonds is 5. The van der Waals surface area contributed by atoms with Gasteiger partial charge in [0.2, 0.25) is 0 Å². The third-order valence-electron chi connectivity index (χ3n) is 2.65. The average Bonchev–Trinajstić information content (AvgIpc) is 2.45. The van der Waals surface area contributed by atoms with Crippen LogP contribution in [0.2, 0.25) is 0 Å². The van der Waals surface area contributed by atoms with Crippen LogP contribution >= 0.6 is 11.8 Å². The summed E-state index contributed by atoms with van der Waals surface area (Å²) < 4.78 is 5.01. The number of nitrogens with zero attached hydrogens (tertiary/aromatic N) is 2. The van der Waals surface area contributed by atoms with Crippen molar-refractivity contribution in [1.29, 1.82) is 0 Å². The topological polar surface area (TPSA) is 84.9 Å². The number of nitrogens with one attached hydrogen (secondary N) is 1. The summed E-state index contributed by atoms with van der Waals surface area (Å²) in [6.07, 6.45) is 1.69. The van der Waals surface area contributed by atoms with Crippen molar-refractivity contribution in [1.82, 2.24) is 15.0 Å². The fraction of sp³-hybridized carbons (Fsp3) is 0.286. The van der Waals surface area contributed by atoms with E-state index in [1.807, 2.05) is 18.2 Å². The van der Waals surface area contributed by atoms with Gasteiger partial charge in [0.1, 0.15) is 10.6 Å². The van der Waals surface area contributed by atoms with E-state index in [0.717, 1.165) is 5.69 Å². The molecule has 0 aliphatic carbocycles. The molecule has 21 heavy (non-hydrogen) atoms. The number of aromatic nitrogens is 3. The van der Waals surface area contributed by atoms with Crippen molar-refractivity contribution in [2.45, 2.75) is 24.6 Å². The Bertz CT molecular complexity index is 686. The van der Waals surface area contributed by atoms with Crippen LogP contribution in [0, 0.1) is 6.92 Å². The highest BCUT2D eigenvalue weighted by atomic mass is 32.2. The van der Waals surface area contributed by atoms with E-state index in [4.69, 9.17) is 4.74 Å². The van der Waals surface area contributed by atoms with E-state index in [-0.39, 0.29) is 6.61 Å². The molecule has 0 unspecified atom stereocenters. The van der Waals surface area contributed by atoms with Gasteiger partial charge >= 0.3 is 11.7 Å². The Labute approximate surface area is 126 Å². The fourth-order valence-electron chi connectivity index (χ4n) is 1.73. The number of aryl methyl sites for hydroxylation is 1. The van der Waals surface area contributed by atoms with E-state index in [1.54, 1.807) is 20.0 Å². The number of aromatic amines is 1. The lowest BCUT2D eigenvalue weighted by molar-refractivity contribution is 0.0519. The number of H-pyrrole nitrogens is 1. The number of esters is 1. The molecule has 0 aromatic carbocycles. The van der Waals surface area contributed by atoms with E-state index in [1.165, 1.54) is 11.8 Å². The molecule has 0 saturated heterocycles. The zero-order valence-corrected chi connectivity index (χ0v) is 12.6. The lowest BCUT2D eigenvalue weighted by Gasteiger charge is -2.09. The number of ether oxygens (including phenoxy) is 1. The van der Waals surface area contributed by atoms with Gasteiger partial charge in [0.05, 0.1) is 12.3 Å². The second-order valence-corrected chi connectivity index (χ2v) is 5.14. The van der Waals surface area contributed by atoms with Crippen LogP contribution in [0.1, 0.15) is 28.7 Å². The largest absolute Gasteiger partial charge is 0.462 e. The van der Waals surface area contributed by atoms with Gasteiger partial charge in [-0.1, -0.05) is 17.8 Å². The molecule has 0 aliphatic rings. The first-order valence-corrected chi connectivity index (χ1v) is 7.41. The van der Waals surface area contributed by atoms with E-state index in [0.29, 0.717) is 22.0 Å². The summed E-state index contributed by atoms with van der Waals surface area (Å²) in [4.78, 5) is 34.1. The van der Waals surface area contributed by atoms with Crippen molar-refractivity contribution in [2.24, 2.45) is 0 Å². The second-order valence-electron chi connectivity index (χ2n) is 4.18. The number of pyridine rings is 1. The lowest BCUT2D eigenvalue weighted by Crippen LogP contribution is -2.19. The summed E-state index contributed by atoms with van der Waals surface area (Å²) in [6, 6.07) is 5.58. The molecule has 0 fully saturated rings. The molecule has 110 valence electrons. The molecule has 2 aromatic rings. The predicted octanol–water partition coefficient (Wildman–Crippen LogP) is 1.94. The van der Waals surface area contributed by atoms with Crippen molar-refractivity contribution < 1.29 is 9.53 Å². The van der Waals surface area contributed by atoms with Crippen LogP contribution in [-0.4, -0.2) is 27.5 Å². The minimum absolute atomic E-state index is 0.266. The summed E-state index contributed by atoms with van der Waals surface area (Å²) >= 11 is 1.29. The van der Waals surface area contributed by atoms with Crippen molar-refractivity contribution in [3.05, 3.63) is 51.8 Å². The molecule has 0 aliphatic heterocycles. The molecule has 0 amide bonds. The third kappa shape index (κ3) is 3.91. The molecule has 0 spiro atoms. The number of hydrogen-bond donors (Lipinski definition) is 1. The van der Waals surface area contributed by atoms with Gasteiger partial charge in [0, 0.05) is 17.6 Å². The van der Waals surface area contributed by atoms with E-state index in [2.05, 4.69) is 15.0 Å². The molecule has 7 heteroatoms. The van der Waals surface area contributed by atoms with Crippen LogP contribution in [-0.2, 0) is 10.5 Å². The predicted molar refractivity (Wildman–Crippen MR) is 79.3 cm³/mol. The minimum Gasteiger partial charge on any atom is -0.462 e. The summed E-state index contributed by atoms with van der Waals surface area (Å²) in [7, 11) is 0. The molecular formula is C14H15N3O3S. The zero-order valence-electron chi connectivity index (χ0n) is 11.8. The van der Waals surface area contributed by atoms with Gasteiger partial charge in [-0.3, -0.25) is 4.98 Å². The minimum atomic E-state index is -0.484. The third-order valence-corrected chi connectivity index (χ3v) is 3.66. The maximum absolute atomic E-state index is 12.0. The standard InChI is InChI=1S/C14H15N3O3S/c1-3-20-13(18)11-9(2)16-14(19)17-12(11)21-8-10-6-4-5-7-15-10/h4-7H,3,8H2,1-2H3,(H,16,17,19). The molecule has 6 nitrogen and oxygen atoms in total. The summed E-state index contributed by atoms with van der Waals surface area (Å²) in [5.74, 6) is 0.0330. The highest BCUT2D eigenvalue weighted by Gasteiger charge is 2.19. The first-order valence-electron chi connectivity index (χ1n) is 6.42. The number of carbonyl (C=O) groups is 1. The van der Waals surface area contributed by atoms with Gasteiger partial charge in [-0.2, -0.15) is 4.98 Å². The van der Waals surface area contributed by atoms with Crippen LogP contribution < -0.4 is 5.69 Å². The second kappa shape index (κ2) is 7.03. The first-order chi connectivity index (χ1) is 10.1. The molecular weight excluding hydrogens is 290 g/mol. The highest BCUT2D eigenvalue weighted by Crippen LogP contribution is 2.24. The van der Waals surface area contributed by atoms with E-state index < -0.39 is 11.7 Å². The molecule has 0 bridgehead atoms. The SMILES string of the molecule is CCOC(=O)c1c(SCc2ccccn2)nc(=O)[nH]c1C. The highest BCUT2D eigenvalue weighted by molar-refractivity contribution is 7.98. The Hall–Kier alpha value is -2.15. The molecule has 2 rings (SSSR count). The Morgan fingerprint density at radius 3 is 2.90 bits per heavy atom. The maximum atomic E-state index is 12.0. The summed E-state index contributed by atoms with van der Waals surface area (Å²) in [5.41, 5.74) is 1.12. The van der Waals surface area contributed by atoms with Crippen molar-refractivity contribution in [2.75, 3.05) is 6.61 Å². The summed E-state index contributed by atoms with van der Waals surface area (Å²) in [6.45, 7) is 3.65.